The first-order valence-electron chi connectivity index (χ1n) is 10.2. The van der Waals surface area contributed by atoms with Crippen molar-refractivity contribution in [3.05, 3.63) is 53.1 Å². The predicted molar refractivity (Wildman–Crippen MR) is 119 cm³/mol. The molecule has 3 aromatic rings. The Kier molecular flexibility index (Phi) is 5.25. The minimum Gasteiger partial charge on any atom is -0.352 e. The molecule has 1 fully saturated rings. The molecule has 6 nitrogen and oxygen atoms in total. The first-order chi connectivity index (χ1) is 14.6. The molecular formula is C23H24ClFN4O2. The summed E-state index contributed by atoms with van der Waals surface area (Å²) in [6.45, 7) is 8.30. The van der Waals surface area contributed by atoms with Gasteiger partial charge in [0.05, 0.1) is 5.02 Å². The van der Waals surface area contributed by atoms with Gasteiger partial charge < -0.3 is 14.8 Å². The molecule has 2 aromatic heterocycles. The predicted octanol–water partition coefficient (Wildman–Crippen LogP) is 4.43. The fourth-order valence-electron chi connectivity index (χ4n) is 3.92. The summed E-state index contributed by atoms with van der Waals surface area (Å²) in [4.78, 5) is 31.7. The van der Waals surface area contributed by atoms with E-state index in [1.807, 2.05) is 30.7 Å². The van der Waals surface area contributed by atoms with Crippen molar-refractivity contribution >= 4 is 34.4 Å². The number of aromatic nitrogens is 2. The van der Waals surface area contributed by atoms with Crippen LogP contribution in [0.25, 0.3) is 22.2 Å². The maximum atomic E-state index is 14.1. The number of pyridine rings is 1. The number of carbonyl (C=O) groups is 2. The standard InChI is InChI=1S/C23H24ClFN4O2/c1-13(2)28-12-16(14-5-7-17(24)18(25)11-14)15-6-8-19(27-20(15)28)21(30)29-10-9-26-22(31)23(29,3)4/h5-8,11-13H,9-10H2,1-4H3,(H,26,31). The van der Waals surface area contributed by atoms with Crippen molar-refractivity contribution in [3.8, 4) is 11.1 Å². The number of fused-ring (bicyclic) bond motifs is 1. The summed E-state index contributed by atoms with van der Waals surface area (Å²) in [6.07, 6.45) is 1.91. The first-order valence-corrected chi connectivity index (χ1v) is 10.6. The van der Waals surface area contributed by atoms with E-state index in [2.05, 4.69) is 10.3 Å². The Balaban J connectivity index is 1.82. The molecule has 1 aromatic carbocycles. The van der Waals surface area contributed by atoms with Gasteiger partial charge in [-0.15, -0.1) is 0 Å². The van der Waals surface area contributed by atoms with E-state index in [9.17, 15) is 14.0 Å². The van der Waals surface area contributed by atoms with Crippen molar-refractivity contribution in [3.63, 3.8) is 0 Å². The molecule has 0 radical (unpaired) electrons. The minimum atomic E-state index is -0.960. The normalized spacial score (nSPS) is 16.1. The van der Waals surface area contributed by atoms with Gasteiger partial charge in [0.2, 0.25) is 5.91 Å². The number of nitrogens with one attached hydrogen (secondary N) is 1. The van der Waals surface area contributed by atoms with Gasteiger partial charge in [-0.05, 0) is 57.5 Å². The van der Waals surface area contributed by atoms with Crippen LogP contribution in [0.1, 0.15) is 44.2 Å². The Bertz CT molecular complexity index is 1200. The van der Waals surface area contributed by atoms with Crippen LogP contribution >= 0.6 is 11.6 Å². The van der Waals surface area contributed by atoms with E-state index in [1.165, 1.54) is 12.1 Å². The molecule has 0 aliphatic carbocycles. The average molecular weight is 443 g/mol. The molecule has 0 unspecified atom stereocenters. The Morgan fingerprint density at radius 3 is 2.68 bits per heavy atom. The Morgan fingerprint density at radius 2 is 2.00 bits per heavy atom. The van der Waals surface area contributed by atoms with Crippen LogP contribution in [-0.4, -0.2) is 44.9 Å². The van der Waals surface area contributed by atoms with Gasteiger partial charge in [-0.25, -0.2) is 9.37 Å². The molecule has 162 valence electrons. The van der Waals surface area contributed by atoms with E-state index in [1.54, 1.807) is 30.9 Å². The summed E-state index contributed by atoms with van der Waals surface area (Å²) in [7, 11) is 0. The molecule has 1 aliphatic heterocycles. The van der Waals surface area contributed by atoms with E-state index in [4.69, 9.17) is 11.6 Å². The fourth-order valence-corrected chi connectivity index (χ4v) is 4.04. The molecule has 0 bridgehead atoms. The highest BCUT2D eigenvalue weighted by Gasteiger charge is 2.41. The summed E-state index contributed by atoms with van der Waals surface area (Å²) in [5.41, 5.74) is 1.43. The van der Waals surface area contributed by atoms with Gasteiger partial charge in [0, 0.05) is 36.3 Å². The highest BCUT2D eigenvalue weighted by atomic mass is 35.5. The van der Waals surface area contributed by atoms with Crippen molar-refractivity contribution in [1.29, 1.82) is 0 Å². The van der Waals surface area contributed by atoms with E-state index in [0.29, 0.717) is 24.3 Å². The number of halogens is 2. The van der Waals surface area contributed by atoms with Gasteiger partial charge in [-0.2, -0.15) is 0 Å². The van der Waals surface area contributed by atoms with Crippen molar-refractivity contribution in [2.45, 2.75) is 39.3 Å². The summed E-state index contributed by atoms with van der Waals surface area (Å²) >= 11 is 5.84. The minimum absolute atomic E-state index is 0.0653. The van der Waals surface area contributed by atoms with Gasteiger partial charge in [-0.3, -0.25) is 9.59 Å². The second-order valence-electron chi connectivity index (χ2n) is 8.51. The molecule has 1 saturated heterocycles. The Morgan fingerprint density at radius 1 is 1.26 bits per heavy atom. The lowest BCUT2D eigenvalue weighted by atomic mass is 9.98. The number of nitrogens with zero attached hydrogens (tertiary/aromatic N) is 3. The number of piperazine rings is 1. The van der Waals surface area contributed by atoms with Gasteiger partial charge in [0.25, 0.3) is 5.91 Å². The zero-order valence-corrected chi connectivity index (χ0v) is 18.6. The summed E-state index contributed by atoms with van der Waals surface area (Å²) < 4.78 is 16.0. The third-order valence-corrected chi connectivity index (χ3v) is 6.09. The van der Waals surface area contributed by atoms with Crippen molar-refractivity contribution in [2.75, 3.05) is 13.1 Å². The number of hydrogen-bond acceptors (Lipinski definition) is 3. The molecule has 0 atom stereocenters. The summed E-state index contributed by atoms with van der Waals surface area (Å²) in [5.74, 6) is -0.974. The molecule has 0 saturated carbocycles. The molecule has 4 rings (SSSR count). The van der Waals surface area contributed by atoms with E-state index < -0.39 is 11.4 Å². The van der Waals surface area contributed by atoms with Crippen LogP contribution in [0.2, 0.25) is 5.02 Å². The average Bonchev–Trinajstić information content (AvgIpc) is 3.11. The lowest BCUT2D eigenvalue weighted by Gasteiger charge is -2.40. The topological polar surface area (TPSA) is 67.2 Å². The van der Waals surface area contributed by atoms with Gasteiger partial charge in [0.15, 0.2) is 0 Å². The zero-order valence-electron chi connectivity index (χ0n) is 17.9. The second-order valence-corrected chi connectivity index (χ2v) is 8.92. The highest BCUT2D eigenvalue weighted by molar-refractivity contribution is 6.30. The zero-order chi connectivity index (χ0) is 22.5. The number of benzene rings is 1. The lowest BCUT2D eigenvalue weighted by Crippen LogP contribution is -2.63. The SMILES string of the molecule is CC(C)n1cc(-c2ccc(Cl)c(F)c2)c2ccc(C(=O)N3CCNC(=O)C3(C)C)nc21. The highest BCUT2D eigenvalue weighted by Crippen LogP contribution is 2.34. The molecule has 3 heterocycles. The Hall–Kier alpha value is -2.93. The molecule has 31 heavy (non-hydrogen) atoms. The number of amides is 2. The lowest BCUT2D eigenvalue weighted by molar-refractivity contribution is -0.133. The van der Waals surface area contributed by atoms with E-state index in [0.717, 1.165) is 10.9 Å². The van der Waals surface area contributed by atoms with Gasteiger partial charge >= 0.3 is 0 Å². The first kappa shape index (κ1) is 21.3. The number of hydrogen-bond donors (Lipinski definition) is 1. The van der Waals surface area contributed by atoms with E-state index >= 15 is 0 Å². The third-order valence-electron chi connectivity index (χ3n) is 5.78. The molecule has 8 heteroatoms. The molecule has 0 spiro atoms. The quantitative estimate of drug-likeness (QED) is 0.652. The van der Waals surface area contributed by atoms with Crippen molar-refractivity contribution in [1.82, 2.24) is 19.8 Å². The van der Waals surface area contributed by atoms with E-state index in [-0.39, 0.29) is 28.6 Å². The molecule has 2 amide bonds. The second kappa shape index (κ2) is 7.64. The van der Waals surface area contributed by atoms with Crippen LogP contribution in [0.15, 0.2) is 36.5 Å². The largest absolute Gasteiger partial charge is 0.352 e. The van der Waals surface area contributed by atoms with Crippen LogP contribution in [0.3, 0.4) is 0 Å². The number of rotatable bonds is 3. The maximum Gasteiger partial charge on any atom is 0.273 e. The summed E-state index contributed by atoms with van der Waals surface area (Å²) in [5, 5.41) is 3.67. The van der Waals surface area contributed by atoms with Crippen LogP contribution in [-0.2, 0) is 4.79 Å². The fraction of sp³-hybridized carbons (Fsp3) is 0.348. The van der Waals surface area contributed by atoms with Crippen molar-refractivity contribution in [2.24, 2.45) is 0 Å². The number of carbonyl (C=O) groups excluding carboxylic acids is 2. The Labute approximate surface area is 185 Å². The third kappa shape index (κ3) is 3.57. The van der Waals surface area contributed by atoms with Crippen LogP contribution in [0.5, 0.6) is 0 Å². The van der Waals surface area contributed by atoms with Crippen LogP contribution < -0.4 is 5.32 Å². The maximum absolute atomic E-state index is 14.1. The molecule has 1 N–H and O–H groups in total. The molecular weight excluding hydrogens is 419 g/mol. The summed E-state index contributed by atoms with van der Waals surface area (Å²) in [6, 6.07) is 8.25. The monoisotopic (exact) mass is 442 g/mol. The molecule has 1 aliphatic rings. The smallest absolute Gasteiger partial charge is 0.273 e. The van der Waals surface area contributed by atoms with Crippen molar-refractivity contribution < 1.29 is 14.0 Å². The van der Waals surface area contributed by atoms with Crippen LogP contribution in [0.4, 0.5) is 4.39 Å². The van der Waals surface area contributed by atoms with Gasteiger partial charge in [0.1, 0.15) is 22.7 Å². The van der Waals surface area contributed by atoms with Crippen LogP contribution in [0, 0.1) is 5.82 Å². The van der Waals surface area contributed by atoms with Gasteiger partial charge in [-0.1, -0.05) is 17.7 Å².